The molecule has 2 aromatic carbocycles. The number of carbonyl (C=O) groups excluding carboxylic acids is 1. The molecule has 3 heterocycles. The van der Waals surface area contributed by atoms with E-state index in [0.717, 1.165) is 17.7 Å². The standard InChI is InChI=1S/C31H35F3N6O3/c1-37(2)18-21-9-11-23(12-10-21)28-26-27(36-38(28)3)29(42)40(20-35-26)19-30(43)13-15-39(16-14-30)25(41)17-24(31(32,33)34)22-7-5-4-6-8-22/h4-12,20,24,43H,13-19H2,1-3H3. The van der Waals surface area contributed by atoms with E-state index in [1.54, 1.807) is 17.8 Å². The van der Waals surface area contributed by atoms with Crippen molar-refractivity contribution in [1.82, 2.24) is 29.1 Å². The van der Waals surface area contributed by atoms with E-state index in [1.807, 2.05) is 38.4 Å². The van der Waals surface area contributed by atoms with Crippen molar-refractivity contribution in [3.8, 4) is 11.3 Å². The number of rotatable bonds is 8. The van der Waals surface area contributed by atoms with Crippen molar-refractivity contribution in [2.24, 2.45) is 7.05 Å². The summed E-state index contributed by atoms with van der Waals surface area (Å²) in [6, 6.07) is 15.4. The van der Waals surface area contributed by atoms with Gasteiger partial charge in [0.15, 0.2) is 5.52 Å². The number of fused-ring (bicyclic) bond motifs is 1. The molecule has 1 N–H and O–H groups in total. The summed E-state index contributed by atoms with van der Waals surface area (Å²) in [5.41, 5.74) is 1.65. The molecule has 1 aliphatic heterocycles. The molecule has 1 fully saturated rings. The molecule has 5 rings (SSSR count). The number of benzene rings is 2. The SMILES string of the molecule is CN(C)Cc1ccc(-c2c3ncn(CC4(O)CCN(C(=O)CC(c5ccccc5)C(F)(F)F)CC4)c(=O)c3nn2C)cc1. The third-order valence-corrected chi connectivity index (χ3v) is 8.03. The summed E-state index contributed by atoms with van der Waals surface area (Å²) >= 11 is 0. The number of aromatic nitrogens is 4. The number of carbonyl (C=O) groups is 1. The topological polar surface area (TPSA) is 96.5 Å². The molecule has 0 bridgehead atoms. The van der Waals surface area contributed by atoms with Gasteiger partial charge >= 0.3 is 6.18 Å². The maximum Gasteiger partial charge on any atom is 0.396 e. The summed E-state index contributed by atoms with van der Waals surface area (Å²) in [4.78, 5) is 34.2. The number of piperidine rings is 1. The van der Waals surface area contributed by atoms with Crippen LogP contribution in [0.3, 0.4) is 0 Å². The van der Waals surface area contributed by atoms with Gasteiger partial charge < -0.3 is 14.9 Å². The number of halogens is 3. The van der Waals surface area contributed by atoms with Gasteiger partial charge in [0, 0.05) is 38.7 Å². The van der Waals surface area contributed by atoms with Crippen LogP contribution in [0.15, 0.2) is 65.7 Å². The lowest BCUT2D eigenvalue weighted by Crippen LogP contribution is -2.50. The number of aryl methyl sites for hydroxylation is 1. The monoisotopic (exact) mass is 596 g/mol. The zero-order valence-electron chi connectivity index (χ0n) is 24.4. The average Bonchev–Trinajstić information content (AvgIpc) is 3.30. The molecule has 43 heavy (non-hydrogen) atoms. The van der Waals surface area contributed by atoms with Crippen molar-refractivity contribution in [1.29, 1.82) is 0 Å². The van der Waals surface area contributed by atoms with Crippen LogP contribution in [0, 0.1) is 0 Å². The summed E-state index contributed by atoms with van der Waals surface area (Å²) in [7, 11) is 5.74. The van der Waals surface area contributed by atoms with E-state index in [4.69, 9.17) is 0 Å². The van der Waals surface area contributed by atoms with Crippen LogP contribution in [0.2, 0.25) is 0 Å². The first-order valence-electron chi connectivity index (χ1n) is 14.1. The number of nitrogens with zero attached hydrogens (tertiary/aromatic N) is 6. The minimum absolute atomic E-state index is 0.0400. The third-order valence-electron chi connectivity index (χ3n) is 8.03. The third kappa shape index (κ3) is 6.65. The number of likely N-dealkylation sites (tertiary alicyclic amines) is 1. The average molecular weight is 597 g/mol. The van der Waals surface area contributed by atoms with E-state index in [0.29, 0.717) is 11.2 Å². The highest BCUT2D eigenvalue weighted by Crippen LogP contribution is 2.38. The van der Waals surface area contributed by atoms with Gasteiger partial charge in [-0.3, -0.25) is 18.8 Å². The van der Waals surface area contributed by atoms with Gasteiger partial charge in [0.2, 0.25) is 5.91 Å². The lowest BCUT2D eigenvalue weighted by Gasteiger charge is -2.39. The smallest absolute Gasteiger partial charge is 0.388 e. The summed E-state index contributed by atoms with van der Waals surface area (Å²) in [6.07, 6.45) is -3.66. The van der Waals surface area contributed by atoms with Gasteiger partial charge in [-0.05, 0) is 38.1 Å². The minimum Gasteiger partial charge on any atom is -0.388 e. The van der Waals surface area contributed by atoms with E-state index < -0.39 is 35.6 Å². The number of aliphatic hydroxyl groups is 1. The summed E-state index contributed by atoms with van der Waals surface area (Å²) < 4.78 is 44.2. The molecule has 1 amide bonds. The molecule has 1 saturated heterocycles. The molecule has 0 radical (unpaired) electrons. The molecular formula is C31H35F3N6O3. The normalized spacial score (nSPS) is 16.1. The van der Waals surface area contributed by atoms with Crippen LogP contribution in [0.5, 0.6) is 0 Å². The summed E-state index contributed by atoms with van der Waals surface area (Å²) in [5.74, 6) is -2.53. The number of hydrogen-bond acceptors (Lipinski definition) is 6. The lowest BCUT2D eigenvalue weighted by molar-refractivity contribution is -0.162. The second kappa shape index (κ2) is 11.9. The zero-order valence-corrected chi connectivity index (χ0v) is 24.4. The summed E-state index contributed by atoms with van der Waals surface area (Å²) in [5, 5.41) is 15.7. The van der Waals surface area contributed by atoms with Gasteiger partial charge in [0.1, 0.15) is 5.52 Å². The highest BCUT2D eigenvalue weighted by Gasteiger charge is 2.43. The minimum atomic E-state index is -4.57. The molecule has 1 atom stereocenters. The fourth-order valence-corrected chi connectivity index (χ4v) is 5.72. The number of amides is 1. The van der Waals surface area contributed by atoms with Crippen molar-refractivity contribution < 1.29 is 23.1 Å². The van der Waals surface area contributed by atoms with Crippen LogP contribution < -0.4 is 5.56 Å². The molecule has 0 aliphatic carbocycles. The molecule has 0 saturated carbocycles. The Morgan fingerprint density at radius 1 is 1.05 bits per heavy atom. The Kier molecular flexibility index (Phi) is 8.44. The van der Waals surface area contributed by atoms with Crippen LogP contribution in [0.25, 0.3) is 22.3 Å². The predicted molar refractivity (Wildman–Crippen MR) is 156 cm³/mol. The van der Waals surface area contributed by atoms with Crippen molar-refractivity contribution in [2.45, 2.75) is 50.0 Å². The first-order chi connectivity index (χ1) is 20.3. The fourth-order valence-electron chi connectivity index (χ4n) is 5.72. The largest absolute Gasteiger partial charge is 0.396 e. The molecular weight excluding hydrogens is 561 g/mol. The quantitative estimate of drug-likeness (QED) is 0.331. The first kappa shape index (κ1) is 30.4. The Hall–Kier alpha value is -4.03. The molecule has 1 aliphatic rings. The number of hydrogen-bond donors (Lipinski definition) is 1. The summed E-state index contributed by atoms with van der Waals surface area (Å²) in [6.45, 7) is 0.885. The van der Waals surface area contributed by atoms with E-state index >= 15 is 0 Å². The zero-order chi connectivity index (χ0) is 30.9. The van der Waals surface area contributed by atoms with Crippen molar-refractivity contribution >= 4 is 16.9 Å². The van der Waals surface area contributed by atoms with Crippen LogP contribution in [0.1, 0.15) is 36.3 Å². The molecule has 12 heteroatoms. The van der Waals surface area contributed by atoms with Crippen LogP contribution >= 0.6 is 0 Å². The first-order valence-corrected chi connectivity index (χ1v) is 14.1. The van der Waals surface area contributed by atoms with Crippen molar-refractivity contribution in [3.05, 3.63) is 82.4 Å². The van der Waals surface area contributed by atoms with Gasteiger partial charge in [0.05, 0.1) is 30.1 Å². The molecule has 1 unspecified atom stereocenters. The van der Waals surface area contributed by atoms with E-state index in [-0.39, 0.29) is 43.6 Å². The van der Waals surface area contributed by atoms with E-state index in [9.17, 15) is 27.9 Å². The van der Waals surface area contributed by atoms with Gasteiger partial charge in [-0.2, -0.15) is 18.3 Å². The second-order valence-electron chi connectivity index (χ2n) is 11.6. The van der Waals surface area contributed by atoms with Crippen molar-refractivity contribution in [3.63, 3.8) is 0 Å². The van der Waals surface area contributed by atoms with Crippen LogP contribution in [-0.4, -0.2) is 79.1 Å². The Balaban J connectivity index is 1.28. The van der Waals surface area contributed by atoms with Gasteiger partial charge in [-0.25, -0.2) is 4.98 Å². The maximum absolute atomic E-state index is 13.8. The lowest BCUT2D eigenvalue weighted by atomic mass is 9.90. The van der Waals surface area contributed by atoms with Gasteiger partial charge in [-0.1, -0.05) is 54.6 Å². The Morgan fingerprint density at radius 3 is 2.30 bits per heavy atom. The molecule has 2 aromatic heterocycles. The highest BCUT2D eigenvalue weighted by molar-refractivity contribution is 5.89. The van der Waals surface area contributed by atoms with E-state index in [1.165, 1.54) is 40.1 Å². The molecule has 0 spiro atoms. The highest BCUT2D eigenvalue weighted by atomic mass is 19.4. The Bertz CT molecular complexity index is 1640. The second-order valence-corrected chi connectivity index (χ2v) is 11.6. The van der Waals surface area contributed by atoms with Gasteiger partial charge in [-0.15, -0.1) is 0 Å². The number of alkyl halides is 3. The van der Waals surface area contributed by atoms with Crippen LogP contribution in [0.4, 0.5) is 13.2 Å². The Labute approximate surface area is 247 Å². The molecule has 9 nitrogen and oxygen atoms in total. The molecule has 4 aromatic rings. The van der Waals surface area contributed by atoms with Gasteiger partial charge in [0.25, 0.3) is 5.56 Å². The molecule has 228 valence electrons. The fraction of sp³-hybridized carbons (Fsp3) is 0.419. The van der Waals surface area contributed by atoms with Crippen molar-refractivity contribution in [2.75, 3.05) is 27.2 Å². The maximum atomic E-state index is 13.8. The van der Waals surface area contributed by atoms with E-state index in [2.05, 4.69) is 15.0 Å². The predicted octanol–water partition coefficient (Wildman–Crippen LogP) is 3.95. The van der Waals surface area contributed by atoms with Crippen LogP contribution in [-0.2, 0) is 24.9 Å². The Morgan fingerprint density at radius 2 is 1.70 bits per heavy atom.